The number of ether oxygens (including phenoxy) is 1. The Morgan fingerprint density at radius 2 is 1.94 bits per heavy atom. The van der Waals surface area contributed by atoms with Crippen molar-refractivity contribution in [1.82, 2.24) is 0 Å². The van der Waals surface area contributed by atoms with Gasteiger partial charge in [0.25, 0.3) is 0 Å². The molecule has 1 aromatic rings. The summed E-state index contributed by atoms with van der Waals surface area (Å²) in [5.41, 5.74) is 9.00. The van der Waals surface area contributed by atoms with Crippen LogP contribution in [0.2, 0.25) is 0 Å². The normalized spacial score (nSPS) is 13.6. The Balaban J connectivity index is 3.39. The first kappa shape index (κ1) is 14.0. The summed E-state index contributed by atoms with van der Waals surface area (Å²) in [6.07, 6.45) is 0. The molecule has 1 atom stereocenters. The van der Waals surface area contributed by atoms with E-state index in [2.05, 4.69) is 20.8 Å². The van der Waals surface area contributed by atoms with E-state index in [0.29, 0.717) is 0 Å². The molecule has 0 saturated heterocycles. The SMILES string of the molecule is COc1c(C)cc(C(N)CO)cc1C(C)(C)C. The number of aliphatic hydroxyl groups excluding tert-OH is 1. The van der Waals surface area contributed by atoms with Crippen molar-refractivity contribution in [2.24, 2.45) is 5.73 Å². The van der Waals surface area contributed by atoms with E-state index >= 15 is 0 Å². The molecule has 0 radical (unpaired) electrons. The Kier molecular flexibility index (Phi) is 4.17. The third-order valence-electron chi connectivity index (χ3n) is 2.93. The second-order valence-electron chi connectivity index (χ2n) is 5.46. The maximum Gasteiger partial charge on any atom is 0.125 e. The highest BCUT2D eigenvalue weighted by molar-refractivity contribution is 5.48. The first-order valence-electron chi connectivity index (χ1n) is 5.86. The van der Waals surface area contributed by atoms with Crippen LogP contribution in [0.1, 0.15) is 43.5 Å². The number of nitrogens with two attached hydrogens (primary N) is 1. The van der Waals surface area contributed by atoms with Crippen molar-refractivity contribution in [3.63, 3.8) is 0 Å². The number of aliphatic hydroxyl groups is 1. The average Bonchev–Trinajstić information content (AvgIpc) is 2.25. The van der Waals surface area contributed by atoms with E-state index < -0.39 is 0 Å². The van der Waals surface area contributed by atoms with E-state index in [9.17, 15) is 0 Å². The fraction of sp³-hybridized carbons (Fsp3) is 0.571. The van der Waals surface area contributed by atoms with Gasteiger partial charge in [-0.3, -0.25) is 0 Å². The molecule has 0 bridgehead atoms. The van der Waals surface area contributed by atoms with Crippen molar-refractivity contribution in [2.75, 3.05) is 13.7 Å². The van der Waals surface area contributed by atoms with Gasteiger partial charge in [0, 0.05) is 5.56 Å². The van der Waals surface area contributed by atoms with Crippen LogP contribution >= 0.6 is 0 Å². The first-order chi connectivity index (χ1) is 7.81. The Labute approximate surface area is 104 Å². The second kappa shape index (κ2) is 5.07. The van der Waals surface area contributed by atoms with E-state index in [-0.39, 0.29) is 18.1 Å². The van der Waals surface area contributed by atoms with Crippen molar-refractivity contribution in [2.45, 2.75) is 39.2 Å². The van der Waals surface area contributed by atoms with Crippen LogP contribution in [0.25, 0.3) is 0 Å². The maximum absolute atomic E-state index is 9.14. The van der Waals surface area contributed by atoms with Crippen LogP contribution in [-0.2, 0) is 5.41 Å². The lowest BCUT2D eigenvalue weighted by molar-refractivity contribution is 0.267. The molecule has 1 aromatic carbocycles. The van der Waals surface area contributed by atoms with Gasteiger partial charge in [-0.15, -0.1) is 0 Å². The number of methoxy groups -OCH3 is 1. The molecule has 0 aliphatic heterocycles. The smallest absolute Gasteiger partial charge is 0.125 e. The van der Waals surface area contributed by atoms with Gasteiger partial charge in [-0.1, -0.05) is 26.8 Å². The molecule has 0 aromatic heterocycles. The predicted octanol–water partition coefficient (Wildman–Crippen LogP) is 2.29. The Morgan fingerprint density at radius 1 is 1.35 bits per heavy atom. The molecule has 1 unspecified atom stereocenters. The average molecular weight is 237 g/mol. The molecule has 0 aliphatic carbocycles. The van der Waals surface area contributed by atoms with Gasteiger partial charge in [-0.05, 0) is 29.5 Å². The third-order valence-corrected chi connectivity index (χ3v) is 2.93. The zero-order valence-electron chi connectivity index (χ0n) is 11.4. The molecule has 3 nitrogen and oxygen atoms in total. The summed E-state index contributed by atoms with van der Waals surface area (Å²) in [4.78, 5) is 0. The molecule has 0 spiro atoms. The standard InChI is InChI=1S/C14H23NO2/c1-9-6-10(12(15)8-16)7-11(13(9)17-5)14(2,3)4/h6-7,12,16H,8,15H2,1-5H3. The molecule has 0 amide bonds. The van der Waals surface area contributed by atoms with Gasteiger partial charge in [-0.25, -0.2) is 0 Å². The minimum atomic E-state index is -0.333. The van der Waals surface area contributed by atoms with E-state index in [1.54, 1.807) is 7.11 Å². The second-order valence-corrected chi connectivity index (χ2v) is 5.46. The zero-order chi connectivity index (χ0) is 13.2. The number of aryl methyl sites for hydroxylation is 1. The van der Waals surface area contributed by atoms with E-state index in [1.165, 1.54) is 0 Å². The van der Waals surface area contributed by atoms with E-state index in [1.807, 2.05) is 19.1 Å². The highest BCUT2D eigenvalue weighted by atomic mass is 16.5. The molecule has 0 aliphatic rings. The topological polar surface area (TPSA) is 55.5 Å². The lowest BCUT2D eigenvalue weighted by atomic mass is 9.83. The van der Waals surface area contributed by atoms with Gasteiger partial charge in [0.05, 0.1) is 19.8 Å². The fourth-order valence-corrected chi connectivity index (χ4v) is 1.95. The Hall–Kier alpha value is -1.06. The Bertz CT molecular complexity index is 394. The monoisotopic (exact) mass is 237 g/mol. The van der Waals surface area contributed by atoms with Crippen LogP contribution in [0, 0.1) is 6.92 Å². The number of rotatable bonds is 3. The Morgan fingerprint density at radius 3 is 2.35 bits per heavy atom. The molecule has 0 saturated carbocycles. The molecule has 0 fully saturated rings. The maximum atomic E-state index is 9.14. The number of hydrogen-bond acceptors (Lipinski definition) is 3. The van der Waals surface area contributed by atoms with Crippen molar-refractivity contribution < 1.29 is 9.84 Å². The summed E-state index contributed by atoms with van der Waals surface area (Å²) in [5.74, 6) is 0.909. The molecule has 96 valence electrons. The molecular formula is C14H23NO2. The molecule has 3 N–H and O–H groups in total. The summed E-state index contributed by atoms with van der Waals surface area (Å²) in [7, 11) is 1.68. The van der Waals surface area contributed by atoms with Crippen molar-refractivity contribution in [3.8, 4) is 5.75 Å². The molecule has 3 heteroatoms. The van der Waals surface area contributed by atoms with Crippen LogP contribution < -0.4 is 10.5 Å². The number of hydrogen-bond donors (Lipinski definition) is 2. The zero-order valence-corrected chi connectivity index (χ0v) is 11.4. The minimum Gasteiger partial charge on any atom is -0.496 e. The summed E-state index contributed by atoms with van der Waals surface area (Å²) >= 11 is 0. The van der Waals surface area contributed by atoms with Crippen LogP contribution in [0.15, 0.2) is 12.1 Å². The summed E-state index contributed by atoms with van der Waals surface area (Å²) in [6, 6.07) is 3.68. The van der Waals surface area contributed by atoms with Crippen LogP contribution in [0.4, 0.5) is 0 Å². The minimum absolute atomic E-state index is 0.0126. The molecular weight excluding hydrogens is 214 g/mol. The van der Waals surface area contributed by atoms with Crippen molar-refractivity contribution in [3.05, 3.63) is 28.8 Å². The number of benzene rings is 1. The molecule has 1 rings (SSSR count). The first-order valence-corrected chi connectivity index (χ1v) is 5.86. The summed E-state index contributed by atoms with van der Waals surface area (Å²) in [6.45, 7) is 8.37. The van der Waals surface area contributed by atoms with Gasteiger partial charge < -0.3 is 15.6 Å². The van der Waals surface area contributed by atoms with Crippen molar-refractivity contribution >= 4 is 0 Å². The predicted molar refractivity (Wildman–Crippen MR) is 70.4 cm³/mol. The van der Waals surface area contributed by atoms with Gasteiger partial charge in [-0.2, -0.15) is 0 Å². The van der Waals surface area contributed by atoms with Gasteiger partial charge in [0.2, 0.25) is 0 Å². The van der Waals surface area contributed by atoms with Gasteiger partial charge in [0.1, 0.15) is 5.75 Å². The van der Waals surface area contributed by atoms with Crippen molar-refractivity contribution in [1.29, 1.82) is 0 Å². The van der Waals surface area contributed by atoms with Crippen LogP contribution in [-0.4, -0.2) is 18.8 Å². The molecule has 0 heterocycles. The summed E-state index contributed by atoms with van der Waals surface area (Å²) in [5, 5.41) is 9.14. The lowest BCUT2D eigenvalue weighted by Crippen LogP contribution is -2.18. The van der Waals surface area contributed by atoms with E-state index in [0.717, 1.165) is 22.4 Å². The van der Waals surface area contributed by atoms with Gasteiger partial charge >= 0.3 is 0 Å². The highest BCUT2D eigenvalue weighted by Gasteiger charge is 2.22. The summed E-state index contributed by atoms with van der Waals surface area (Å²) < 4.78 is 5.47. The lowest BCUT2D eigenvalue weighted by Gasteiger charge is -2.25. The fourth-order valence-electron chi connectivity index (χ4n) is 1.95. The highest BCUT2D eigenvalue weighted by Crippen LogP contribution is 2.35. The van der Waals surface area contributed by atoms with Gasteiger partial charge in [0.15, 0.2) is 0 Å². The quantitative estimate of drug-likeness (QED) is 0.848. The molecule has 17 heavy (non-hydrogen) atoms. The van der Waals surface area contributed by atoms with Crippen LogP contribution in [0.5, 0.6) is 5.75 Å². The third kappa shape index (κ3) is 2.99. The van der Waals surface area contributed by atoms with Crippen LogP contribution in [0.3, 0.4) is 0 Å². The van der Waals surface area contributed by atoms with E-state index in [4.69, 9.17) is 15.6 Å². The largest absolute Gasteiger partial charge is 0.496 e.